The number of thiazole rings is 1. The summed E-state index contributed by atoms with van der Waals surface area (Å²) in [6.07, 6.45) is 0. The molecule has 1 aromatic heterocycles. The zero-order chi connectivity index (χ0) is 19.0. The first-order valence-electron chi connectivity index (χ1n) is 8.43. The van der Waals surface area contributed by atoms with E-state index in [2.05, 4.69) is 23.2 Å². The van der Waals surface area contributed by atoms with Gasteiger partial charge in [0.1, 0.15) is 0 Å². The van der Waals surface area contributed by atoms with E-state index in [1.165, 1.54) is 35.6 Å². The van der Waals surface area contributed by atoms with Crippen LogP contribution in [0.1, 0.15) is 17.3 Å². The SMILES string of the molecule is CCn1c(=NC(=O)c2cccc([N+](=O)[O-])c2)sc2c3ccccc3ccc21. The summed E-state index contributed by atoms with van der Waals surface area (Å²) in [6.45, 7) is 2.66. The number of nitro groups is 1. The minimum Gasteiger partial charge on any atom is -0.317 e. The number of carbonyl (C=O) groups is 1. The lowest BCUT2D eigenvalue weighted by molar-refractivity contribution is -0.384. The van der Waals surface area contributed by atoms with Gasteiger partial charge in [0.25, 0.3) is 11.6 Å². The lowest BCUT2D eigenvalue weighted by atomic mass is 10.1. The van der Waals surface area contributed by atoms with E-state index in [1.807, 2.05) is 29.7 Å². The van der Waals surface area contributed by atoms with Gasteiger partial charge in [-0.3, -0.25) is 14.9 Å². The predicted molar refractivity (Wildman–Crippen MR) is 106 cm³/mol. The minimum absolute atomic E-state index is 0.123. The Balaban J connectivity index is 1.90. The summed E-state index contributed by atoms with van der Waals surface area (Å²) in [5.74, 6) is -0.489. The number of carbonyl (C=O) groups excluding carboxylic acids is 1. The van der Waals surface area contributed by atoms with E-state index in [-0.39, 0.29) is 11.3 Å². The van der Waals surface area contributed by atoms with Gasteiger partial charge in [-0.1, -0.05) is 47.7 Å². The largest absolute Gasteiger partial charge is 0.317 e. The molecular weight excluding hydrogens is 362 g/mol. The van der Waals surface area contributed by atoms with Crippen molar-refractivity contribution in [2.75, 3.05) is 0 Å². The summed E-state index contributed by atoms with van der Waals surface area (Å²) in [4.78, 5) is 27.9. The smallest absolute Gasteiger partial charge is 0.279 e. The van der Waals surface area contributed by atoms with Crippen molar-refractivity contribution in [1.29, 1.82) is 0 Å². The number of fused-ring (bicyclic) bond motifs is 3. The maximum Gasteiger partial charge on any atom is 0.279 e. The van der Waals surface area contributed by atoms with E-state index >= 15 is 0 Å². The first kappa shape index (κ1) is 17.1. The molecule has 0 saturated carbocycles. The van der Waals surface area contributed by atoms with Crippen LogP contribution in [0, 0.1) is 10.1 Å². The van der Waals surface area contributed by atoms with Crippen LogP contribution < -0.4 is 4.80 Å². The van der Waals surface area contributed by atoms with E-state index in [0.29, 0.717) is 11.3 Å². The maximum absolute atomic E-state index is 12.6. The van der Waals surface area contributed by atoms with Crippen LogP contribution in [0.4, 0.5) is 5.69 Å². The van der Waals surface area contributed by atoms with Crippen molar-refractivity contribution in [3.05, 3.63) is 81.1 Å². The molecule has 27 heavy (non-hydrogen) atoms. The molecule has 0 bridgehead atoms. The molecule has 3 aromatic carbocycles. The number of benzene rings is 3. The Hall–Kier alpha value is -3.32. The first-order valence-corrected chi connectivity index (χ1v) is 9.24. The molecule has 1 heterocycles. The number of rotatable bonds is 3. The van der Waals surface area contributed by atoms with Gasteiger partial charge in [-0.25, -0.2) is 0 Å². The Bertz CT molecular complexity index is 1270. The van der Waals surface area contributed by atoms with Crippen LogP contribution in [0.25, 0.3) is 21.0 Å². The molecule has 7 heteroatoms. The number of aryl methyl sites for hydroxylation is 1. The van der Waals surface area contributed by atoms with Crippen LogP contribution in [0.15, 0.2) is 65.7 Å². The highest BCUT2D eigenvalue weighted by Gasteiger charge is 2.13. The van der Waals surface area contributed by atoms with Crippen LogP contribution in [0.3, 0.4) is 0 Å². The summed E-state index contributed by atoms with van der Waals surface area (Å²) < 4.78 is 3.06. The van der Waals surface area contributed by atoms with Crippen LogP contribution in [-0.4, -0.2) is 15.4 Å². The summed E-state index contributed by atoms with van der Waals surface area (Å²) >= 11 is 1.45. The van der Waals surface area contributed by atoms with Crippen molar-refractivity contribution in [1.82, 2.24) is 4.57 Å². The highest BCUT2D eigenvalue weighted by Crippen LogP contribution is 2.27. The van der Waals surface area contributed by atoms with Crippen LogP contribution in [0.2, 0.25) is 0 Å². The Morgan fingerprint density at radius 1 is 1.15 bits per heavy atom. The van der Waals surface area contributed by atoms with Crippen LogP contribution in [-0.2, 0) is 6.54 Å². The highest BCUT2D eigenvalue weighted by molar-refractivity contribution is 7.17. The van der Waals surface area contributed by atoms with Gasteiger partial charge in [0.05, 0.1) is 15.1 Å². The third-order valence-electron chi connectivity index (χ3n) is 4.39. The van der Waals surface area contributed by atoms with E-state index in [4.69, 9.17) is 0 Å². The monoisotopic (exact) mass is 377 g/mol. The zero-order valence-electron chi connectivity index (χ0n) is 14.5. The molecule has 0 saturated heterocycles. The maximum atomic E-state index is 12.6. The van der Waals surface area contributed by atoms with Gasteiger partial charge in [0.15, 0.2) is 4.80 Å². The van der Waals surface area contributed by atoms with Gasteiger partial charge in [-0.2, -0.15) is 4.99 Å². The third-order valence-corrected chi connectivity index (χ3v) is 5.52. The van der Waals surface area contributed by atoms with Crippen molar-refractivity contribution in [2.45, 2.75) is 13.5 Å². The molecule has 0 aliphatic rings. The summed E-state index contributed by atoms with van der Waals surface area (Å²) in [6, 6.07) is 17.8. The highest BCUT2D eigenvalue weighted by atomic mass is 32.1. The Kier molecular flexibility index (Phi) is 4.29. The second-order valence-electron chi connectivity index (χ2n) is 5.99. The number of hydrogen-bond donors (Lipinski definition) is 0. The topological polar surface area (TPSA) is 77.5 Å². The van der Waals surface area contributed by atoms with Crippen molar-refractivity contribution in [3.63, 3.8) is 0 Å². The molecule has 0 radical (unpaired) electrons. The molecule has 134 valence electrons. The molecule has 1 amide bonds. The standard InChI is InChI=1S/C20H15N3O3S/c1-2-22-17-11-10-13-6-3-4-9-16(13)18(17)27-20(22)21-19(24)14-7-5-8-15(12-14)23(25)26/h3-12H,2H2,1H3. The second-order valence-corrected chi connectivity index (χ2v) is 6.97. The fourth-order valence-corrected chi connectivity index (χ4v) is 4.32. The molecule has 0 aliphatic heterocycles. The Morgan fingerprint density at radius 2 is 1.96 bits per heavy atom. The van der Waals surface area contributed by atoms with E-state index in [1.54, 1.807) is 0 Å². The van der Waals surface area contributed by atoms with Crippen molar-refractivity contribution in [3.8, 4) is 0 Å². The van der Waals surface area contributed by atoms with Crippen molar-refractivity contribution in [2.24, 2.45) is 4.99 Å². The lowest BCUT2D eigenvalue weighted by Gasteiger charge is -2.02. The number of aromatic nitrogens is 1. The number of non-ortho nitro benzene ring substituents is 1. The molecule has 0 atom stereocenters. The van der Waals surface area contributed by atoms with Crippen LogP contribution in [0.5, 0.6) is 0 Å². The summed E-state index contributed by atoms with van der Waals surface area (Å²) in [5.41, 5.74) is 1.10. The average molecular weight is 377 g/mol. The lowest BCUT2D eigenvalue weighted by Crippen LogP contribution is -2.15. The van der Waals surface area contributed by atoms with Crippen molar-refractivity contribution >= 4 is 43.9 Å². The van der Waals surface area contributed by atoms with Gasteiger partial charge in [0.2, 0.25) is 0 Å². The first-order chi connectivity index (χ1) is 13.1. The second kappa shape index (κ2) is 6.77. The van der Waals surface area contributed by atoms with Gasteiger partial charge in [0, 0.05) is 29.6 Å². The number of nitro benzene ring substituents is 1. The fourth-order valence-electron chi connectivity index (χ4n) is 3.09. The molecule has 0 N–H and O–H groups in total. The minimum atomic E-state index is -0.519. The molecule has 0 fully saturated rings. The van der Waals surface area contributed by atoms with Gasteiger partial charge in [-0.05, 0) is 24.4 Å². The van der Waals surface area contributed by atoms with Gasteiger partial charge >= 0.3 is 0 Å². The predicted octanol–water partition coefficient (Wildman–Crippen LogP) is 4.53. The number of amides is 1. The molecule has 6 nitrogen and oxygen atoms in total. The average Bonchev–Trinajstić information content (AvgIpc) is 3.05. The number of nitrogens with zero attached hydrogens (tertiary/aromatic N) is 3. The van der Waals surface area contributed by atoms with Crippen molar-refractivity contribution < 1.29 is 9.72 Å². The van der Waals surface area contributed by atoms with E-state index in [0.717, 1.165) is 21.0 Å². The number of hydrogen-bond acceptors (Lipinski definition) is 4. The Morgan fingerprint density at radius 3 is 2.74 bits per heavy atom. The molecular formula is C20H15N3O3S. The quantitative estimate of drug-likeness (QED) is 0.389. The Labute approximate surface area is 158 Å². The third kappa shape index (κ3) is 3.02. The fraction of sp³-hybridized carbons (Fsp3) is 0.100. The van der Waals surface area contributed by atoms with Gasteiger partial charge < -0.3 is 4.57 Å². The normalized spacial score (nSPS) is 12.0. The summed E-state index contributed by atoms with van der Waals surface area (Å²) in [5, 5.41) is 13.2. The van der Waals surface area contributed by atoms with Crippen LogP contribution >= 0.6 is 11.3 Å². The van der Waals surface area contributed by atoms with Gasteiger partial charge in [-0.15, -0.1) is 0 Å². The molecule has 4 rings (SSSR count). The van der Waals surface area contributed by atoms with E-state index < -0.39 is 10.8 Å². The molecule has 0 aliphatic carbocycles. The van der Waals surface area contributed by atoms with E-state index in [9.17, 15) is 14.9 Å². The molecule has 0 unspecified atom stereocenters. The molecule has 0 spiro atoms. The summed E-state index contributed by atoms with van der Waals surface area (Å²) in [7, 11) is 0. The molecule has 4 aromatic rings. The zero-order valence-corrected chi connectivity index (χ0v) is 15.3.